The third-order valence-electron chi connectivity index (χ3n) is 2.62. The van der Waals surface area contributed by atoms with Crippen molar-refractivity contribution in [2.75, 3.05) is 7.11 Å². The van der Waals surface area contributed by atoms with E-state index in [-0.39, 0.29) is 0 Å². The maximum Gasteiger partial charge on any atom is 0.360 e. The van der Waals surface area contributed by atoms with Crippen LogP contribution in [0, 0.1) is 0 Å². The Morgan fingerprint density at radius 1 is 1.56 bits per heavy atom. The van der Waals surface area contributed by atoms with Crippen LogP contribution in [0.1, 0.15) is 35.1 Å². The molecule has 0 spiro atoms. The summed E-state index contributed by atoms with van der Waals surface area (Å²) in [6, 6.07) is 1.86. The van der Waals surface area contributed by atoms with Crippen molar-refractivity contribution in [3.63, 3.8) is 0 Å². The number of aromatic nitrogens is 3. The van der Waals surface area contributed by atoms with E-state index in [2.05, 4.69) is 10.3 Å². The first-order valence-corrected chi connectivity index (χ1v) is 5.78. The normalized spacial score (nSPS) is 10.6. The second kappa shape index (κ2) is 5.48. The van der Waals surface area contributed by atoms with Crippen LogP contribution in [0.15, 0.2) is 23.0 Å². The average molecular weight is 249 g/mol. The number of carbonyl (C=O) groups excluding carboxylic acids is 1. The Hall–Kier alpha value is -2.11. The van der Waals surface area contributed by atoms with Crippen LogP contribution in [-0.4, -0.2) is 28.1 Å². The molecule has 0 saturated carbocycles. The van der Waals surface area contributed by atoms with Gasteiger partial charge in [0.25, 0.3) is 0 Å². The van der Waals surface area contributed by atoms with Crippen LogP contribution < -0.4 is 0 Å². The molecule has 2 aromatic rings. The van der Waals surface area contributed by atoms with Crippen molar-refractivity contribution >= 4 is 5.97 Å². The lowest BCUT2D eigenvalue weighted by Gasteiger charge is -2.04. The molecule has 0 aliphatic heterocycles. The molecule has 0 amide bonds. The first-order chi connectivity index (χ1) is 8.76. The molecule has 0 bridgehead atoms. The van der Waals surface area contributed by atoms with Gasteiger partial charge in [0.1, 0.15) is 0 Å². The van der Waals surface area contributed by atoms with Gasteiger partial charge in [0, 0.05) is 5.56 Å². The van der Waals surface area contributed by atoms with Crippen LogP contribution in [0.25, 0.3) is 0 Å². The molecule has 0 unspecified atom stereocenters. The number of rotatable bonds is 5. The van der Waals surface area contributed by atoms with E-state index in [1.165, 1.54) is 7.11 Å². The Bertz CT molecular complexity index is 517. The molecule has 6 nitrogen and oxygen atoms in total. The molecule has 0 aliphatic carbocycles. The molecule has 0 N–H and O–H groups in total. The standard InChI is InChI=1S/C12H15N3O3/c1-3-4-10-11(12(16)17-2)13-14-15(10)7-9-5-6-18-8-9/h5-6,8H,3-4,7H2,1-2H3. The lowest BCUT2D eigenvalue weighted by atomic mass is 10.2. The molecule has 0 saturated heterocycles. The largest absolute Gasteiger partial charge is 0.472 e. The van der Waals surface area contributed by atoms with E-state index >= 15 is 0 Å². The third kappa shape index (κ3) is 2.42. The molecular weight excluding hydrogens is 234 g/mol. The zero-order chi connectivity index (χ0) is 13.0. The Morgan fingerprint density at radius 3 is 3.00 bits per heavy atom. The fourth-order valence-electron chi connectivity index (χ4n) is 1.75. The van der Waals surface area contributed by atoms with Crippen LogP contribution in [0.4, 0.5) is 0 Å². The van der Waals surface area contributed by atoms with Crippen LogP contribution in [0.2, 0.25) is 0 Å². The summed E-state index contributed by atoms with van der Waals surface area (Å²) < 4.78 is 11.4. The summed E-state index contributed by atoms with van der Waals surface area (Å²) in [4.78, 5) is 11.6. The molecule has 96 valence electrons. The first-order valence-electron chi connectivity index (χ1n) is 5.78. The lowest BCUT2D eigenvalue weighted by molar-refractivity contribution is 0.0592. The van der Waals surface area contributed by atoms with Gasteiger partial charge >= 0.3 is 5.97 Å². The minimum absolute atomic E-state index is 0.294. The predicted molar refractivity (Wildman–Crippen MR) is 63.2 cm³/mol. The molecule has 2 heterocycles. The summed E-state index contributed by atoms with van der Waals surface area (Å²) >= 11 is 0. The van der Waals surface area contributed by atoms with Crippen LogP contribution >= 0.6 is 0 Å². The molecular formula is C12H15N3O3. The van der Waals surface area contributed by atoms with E-state index in [0.717, 1.165) is 24.1 Å². The maximum absolute atomic E-state index is 11.6. The molecule has 0 aromatic carbocycles. The number of carbonyl (C=O) groups is 1. The third-order valence-corrected chi connectivity index (χ3v) is 2.62. The van der Waals surface area contributed by atoms with Gasteiger partial charge < -0.3 is 9.15 Å². The SMILES string of the molecule is CCCc1c(C(=O)OC)nnn1Cc1ccoc1. The summed E-state index contributed by atoms with van der Waals surface area (Å²) in [5.41, 5.74) is 2.07. The second-order valence-electron chi connectivity index (χ2n) is 3.92. The number of esters is 1. The Kier molecular flexibility index (Phi) is 3.76. The molecule has 0 radical (unpaired) electrons. The summed E-state index contributed by atoms with van der Waals surface area (Å²) in [6.45, 7) is 2.58. The molecule has 0 fully saturated rings. The van der Waals surface area contributed by atoms with E-state index in [1.807, 2.05) is 13.0 Å². The van der Waals surface area contributed by atoms with Crippen LogP contribution in [0.5, 0.6) is 0 Å². The highest BCUT2D eigenvalue weighted by Crippen LogP contribution is 2.12. The van der Waals surface area contributed by atoms with Crippen molar-refractivity contribution < 1.29 is 13.9 Å². The van der Waals surface area contributed by atoms with Crippen molar-refractivity contribution in [3.05, 3.63) is 35.5 Å². The van der Waals surface area contributed by atoms with Crippen molar-refractivity contribution in [1.29, 1.82) is 0 Å². The van der Waals surface area contributed by atoms with Crippen molar-refractivity contribution in [2.24, 2.45) is 0 Å². The van der Waals surface area contributed by atoms with Gasteiger partial charge in [-0.25, -0.2) is 9.48 Å². The topological polar surface area (TPSA) is 70.2 Å². The fourth-order valence-corrected chi connectivity index (χ4v) is 1.75. The van der Waals surface area contributed by atoms with Gasteiger partial charge in [-0.2, -0.15) is 0 Å². The number of methoxy groups -OCH3 is 1. The lowest BCUT2D eigenvalue weighted by Crippen LogP contribution is -2.10. The second-order valence-corrected chi connectivity index (χ2v) is 3.92. The zero-order valence-corrected chi connectivity index (χ0v) is 10.4. The highest BCUT2D eigenvalue weighted by atomic mass is 16.5. The molecule has 18 heavy (non-hydrogen) atoms. The minimum atomic E-state index is -0.447. The first kappa shape index (κ1) is 12.3. The summed E-state index contributed by atoms with van der Waals surface area (Å²) in [5.74, 6) is -0.447. The van der Waals surface area contributed by atoms with Gasteiger partial charge in [-0.1, -0.05) is 18.6 Å². The van der Waals surface area contributed by atoms with Crippen molar-refractivity contribution in [2.45, 2.75) is 26.3 Å². The molecule has 6 heteroatoms. The molecule has 2 aromatic heterocycles. The van der Waals surface area contributed by atoms with E-state index in [1.54, 1.807) is 17.2 Å². The monoisotopic (exact) mass is 249 g/mol. The van der Waals surface area contributed by atoms with Gasteiger partial charge in [0.15, 0.2) is 5.69 Å². The van der Waals surface area contributed by atoms with Gasteiger partial charge in [0.2, 0.25) is 0 Å². The smallest absolute Gasteiger partial charge is 0.360 e. The highest BCUT2D eigenvalue weighted by Gasteiger charge is 2.19. The van der Waals surface area contributed by atoms with Gasteiger partial charge in [-0.05, 0) is 12.5 Å². The van der Waals surface area contributed by atoms with Gasteiger partial charge in [0.05, 0.1) is 31.9 Å². The number of ether oxygens (including phenoxy) is 1. The van der Waals surface area contributed by atoms with Crippen molar-refractivity contribution in [3.8, 4) is 0 Å². The zero-order valence-electron chi connectivity index (χ0n) is 10.4. The average Bonchev–Trinajstić information content (AvgIpc) is 3.01. The van der Waals surface area contributed by atoms with E-state index in [9.17, 15) is 4.79 Å². The highest BCUT2D eigenvalue weighted by molar-refractivity contribution is 5.88. The van der Waals surface area contributed by atoms with Crippen LogP contribution in [0.3, 0.4) is 0 Å². The number of nitrogens with zero attached hydrogens (tertiary/aromatic N) is 3. The van der Waals surface area contributed by atoms with Gasteiger partial charge in [-0.3, -0.25) is 0 Å². The van der Waals surface area contributed by atoms with E-state index in [4.69, 9.17) is 9.15 Å². The summed E-state index contributed by atoms with van der Waals surface area (Å²) in [7, 11) is 1.34. The Morgan fingerprint density at radius 2 is 2.39 bits per heavy atom. The molecule has 0 atom stereocenters. The van der Waals surface area contributed by atoms with Crippen LogP contribution in [-0.2, 0) is 17.7 Å². The molecule has 2 rings (SSSR count). The van der Waals surface area contributed by atoms with E-state index < -0.39 is 5.97 Å². The minimum Gasteiger partial charge on any atom is -0.472 e. The Balaban J connectivity index is 2.29. The predicted octanol–water partition coefficient (Wildman–Crippen LogP) is 1.66. The maximum atomic E-state index is 11.6. The fraction of sp³-hybridized carbons (Fsp3) is 0.417. The van der Waals surface area contributed by atoms with Gasteiger partial charge in [-0.15, -0.1) is 5.10 Å². The number of furan rings is 1. The summed E-state index contributed by atoms with van der Waals surface area (Å²) in [6.07, 6.45) is 4.89. The quantitative estimate of drug-likeness (QED) is 0.754. The molecule has 0 aliphatic rings. The van der Waals surface area contributed by atoms with Crippen molar-refractivity contribution in [1.82, 2.24) is 15.0 Å². The summed E-state index contributed by atoms with van der Waals surface area (Å²) in [5, 5.41) is 7.90. The number of hydrogen-bond acceptors (Lipinski definition) is 5. The Labute approximate surface area is 105 Å². The van der Waals surface area contributed by atoms with E-state index in [0.29, 0.717) is 12.2 Å². The number of hydrogen-bond donors (Lipinski definition) is 0.